The normalized spacial score (nSPS) is 10.8. The highest BCUT2D eigenvalue weighted by Gasteiger charge is 1.96. The summed E-state index contributed by atoms with van der Waals surface area (Å²) in [6.45, 7) is 0.983. The number of hydrogen-bond acceptors (Lipinski definition) is 1. The Hall–Kier alpha value is -0.890. The van der Waals surface area contributed by atoms with Gasteiger partial charge in [0.25, 0.3) is 0 Å². The lowest BCUT2D eigenvalue weighted by Gasteiger charge is -2.00. The standard InChI is InChI=1S/C10H11NS/c12-8-7-11-6-5-9-3-1-2-4-10(9)11/h1-6,12H,7-8H2. The number of rotatable bonds is 2. The van der Waals surface area contributed by atoms with Crippen LogP contribution in [0.15, 0.2) is 36.5 Å². The minimum atomic E-state index is 0.888. The van der Waals surface area contributed by atoms with Crippen LogP contribution in [0, 0.1) is 0 Å². The Kier molecular flexibility index (Phi) is 2.09. The molecule has 0 amide bonds. The molecular weight excluding hydrogens is 166 g/mol. The van der Waals surface area contributed by atoms with Gasteiger partial charge in [0.05, 0.1) is 0 Å². The number of hydrogen-bond donors (Lipinski definition) is 1. The van der Waals surface area contributed by atoms with Crippen molar-refractivity contribution < 1.29 is 0 Å². The van der Waals surface area contributed by atoms with Gasteiger partial charge in [0.15, 0.2) is 0 Å². The van der Waals surface area contributed by atoms with Crippen molar-refractivity contribution in [3.63, 3.8) is 0 Å². The Morgan fingerprint density at radius 3 is 2.83 bits per heavy atom. The Morgan fingerprint density at radius 2 is 2.00 bits per heavy atom. The third kappa shape index (κ3) is 1.23. The molecule has 0 radical (unpaired) electrons. The van der Waals surface area contributed by atoms with E-state index in [9.17, 15) is 0 Å². The highest BCUT2D eigenvalue weighted by molar-refractivity contribution is 7.80. The van der Waals surface area contributed by atoms with Crippen LogP contribution in [0.5, 0.6) is 0 Å². The molecule has 0 aliphatic carbocycles. The van der Waals surface area contributed by atoms with Crippen molar-refractivity contribution in [2.24, 2.45) is 0 Å². The van der Waals surface area contributed by atoms with E-state index < -0.39 is 0 Å². The molecule has 0 saturated carbocycles. The van der Waals surface area contributed by atoms with Gasteiger partial charge in [0.2, 0.25) is 0 Å². The van der Waals surface area contributed by atoms with Gasteiger partial charge in [-0.25, -0.2) is 0 Å². The quantitative estimate of drug-likeness (QED) is 0.673. The van der Waals surface area contributed by atoms with E-state index in [1.165, 1.54) is 10.9 Å². The molecule has 0 spiro atoms. The zero-order valence-corrected chi connectivity index (χ0v) is 7.67. The van der Waals surface area contributed by atoms with E-state index in [0.717, 1.165) is 12.3 Å². The first-order chi connectivity index (χ1) is 5.92. The lowest BCUT2D eigenvalue weighted by molar-refractivity contribution is 0.809. The van der Waals surface area contributed by atoms with E-state index in [0.29, 0.717) is 0 Å². The fourth-order valence-corrected chi connectivity index (χ4v) is 1.66. The predicted octanol–water partition coefficient (Wildman–Crippen LogP) is 2.57. The molecule has 0 unspecified atom stereocenters. The molecule has 2 aromatic rings. The maximum absolute atomic E-state index is 4.21. The third-order valence-corrected chi connectivity index (χ3v) is 2.22. The van der Waals surface area contributed by atoms with E-state index in [1.54, 1.807) is 0 Å². The number of fused-ring (bicyclic) bond motifs is 1. The summed E-state index contributed by atoms with van der Waals surface area (Å²) < 4.78 is 2.22. The monoisotopic (exact) mass is 177 g/mol. The van der Waals surface area contributed by atoms with Gasteiger partial charge in [-0.1, -0.05) is 18.2 Å². The average Bonchev–Trinajstić information content (AvgIpc) is 2.50. The fourth-order valence-electron chi connectivity index (χ4n) is 1.44. The second-order valence-corrected chi connectivity index (χ2v) is 3.24. The number of para-hydroxylation sites is 1. The molecule has 0 N–H and O–H groups in total. The lowest BCUT2D eigenvalue weighted by Crippen LogP contribution is -1.95. The van der Waals surface area contributed by atoms with Gasteiger partial charge < -0.3 is 4.57 Å². The number of aromatic nitrogens is 1. The Balaban J connectivity index is 2.55. The van der Waals surface area contributed by atoms with Crippen molar-refractivity contribution >= 4 is 23.5 Å². The summed E-state index contributed by atoms with van der Waals surface area (Å²) in [6, 6.07) is 10.5. The highest BCUT2D eigenvalue weighted by atomic mass is 32.1. The number of benzene rings is 1. The average molecular weight is 177 g/mol. The first-order valence-electron chi connectivity index (χ1n) is 4.06. The van der Waals surface area contributed by atoms with E-state index in [-0.39, 0.29) is 0 Å². The molecule has 62 valence electrons. The molecule has 2 heteroatoms. The molecule has 0 fully saturated rings. The fraction of sp³-hybridized carbons (Fsp3) is 0.200. The molecule has 1 aromatic heterocycles. The SMILES string of the molecule is SCCn1ccc2ccccc21. The molecule has 1 aromatic carbocycles. The molecule has 0 aliphatic rings. The van der Waals surface area contributed by atoms with Crippen LogP contribution in [0.3, 0.4) is 0 Å². The van der Waals surface area contributed by atoms with Crippen molar-refractivity contribution in [1.82, 2.24) is 4.57 Å². The van der Waals surface area contributed by atoms with E-state index >= 15 is 0 Å². The van der Waals surface area contributed by atoms with E-state index in [2.05, 4.69) is 53.7 Å². The van der Waals surface area contributed by atoms with Crippen LogP contribution in [0.4, 0.5) is 0 Å². The molecule has 2 rings (SSSR count). The van der Waals surface area contributed by atoms with Crippen LogP contribution in [-0.2, 0) is 6.54 Å². The largest absolute Gasteiger partial charge is 0.347 e. The smallest absolute Gasteiger partial charge is 0.0480 e. The van der Waals surface area contributed by atoms with Crippen molar-refractivity contribution in [2.45, 2.75) is 6.54 Å². The highest BCUT2D eigenvalue weighted by Crippen LogP contribution is 2.14. The van der Waals surface area contributed by atoms with E-state index in [4.69, 9.17) is 0 Å². The summed E-state index contributed by atoms with van der Waals surface area (Å²) in [5.41, 5.74) is 1.30. The van der Waals surface area contributed by atoms with Gasteiger partial charge in [0.1, 0.15) is 0 Å². The van der Waals surface area contributed by atoms with Crippen LogP contribution in [0.2, 0.25) is 0 Å². The zero-order valence-electron chi connectivity index (χ0n) is 6.77. The minimum Gasteiger partial charge on any atom is -0.347 e. The summed E-state index contributed by atoms with van der Waals surface area (Å²) in [5, 5.41) is 1.30. The number of aryl methyl sites for hydroxylation is 1. The van der Waals surface area contributed by atoms with Crippen LogP contribution < -0.4 is 0 Å². The molecule has 0 bridgehead atoms. The summed E-state index contributed by atoms with van der Waals surface area (Å²) >= 11 is 4.21. The Morgan fingerprint density at radius 1 is 1.17 bits per heavy atom. The van der Waals surface area contributed by atoms with Crippen molar-refractivity contribution in [3.8, 4) is 0 Å². The van der Waals surface area contributed by atoms with Gasteiger partial charge in [-0.15, -0.1) is 0 Å². The number of thiol groups is 1. The van der Waals surface area contributed by atoms with Crippen molar-refractivity contribution in [3.05, 3.63) is 36.5 Å². The van der Waals surface area contributed by atoms with E-state index in [1.807, 2.05) is 0 Å². The Bertz CT molecular complexity index is 378. The topological polar surface area (TPSA) is 4.93 Å². The van der Waals surface area contributed by atoms with Gasteiger partial charge in [-0.05, 0) is 17.5 Å². The van der Waals surface area contributed by atoms with Gasteiger partial charge in [-0.3, -0.25) is 0 Å². The first-order valence-corrected chi connectivity index (χ1v) is 4.70. The van der Waals surface area contributed by atoms with Gasteiger partial charge in [-0.2, -0.15) is 12.6 Å². The summed E-state index contributed by atoms with van der Waals surface area (Å²) in [4.78, 5) is 0. The minimum absolute atomic E-state index is 0.888. The van der Waals surface area contributed by atoms with Crippen LogP contribution in [0.25, 0.3) is 10.9 Å². The van der Waals surface area contributed by atoms with Gasteiger partial charge in [0, 0.05) is 24.0 Å². The molecule has 0 saturated heterocycles. The number of nitrogens with zero attached hydrogens (tertiary/aromatic N) is 1. The maximum atomic E-state index is 4.21. The maximum Gasteiger partial charge on any atom is 0.0480 e. The predicted molar refractivity (Wildman–Crippen MR) is 55.8 cm³/mol. The second kappa shape index (κ2) is 3.23. The second-order valence-electron chi connectivity index (χ2n) is 2.79. The summed E-state index contributed by atoms with van der Waals surface area (Å²) in [6.07, 6.45) is 2.11. The molecular formula is C10H11NS. The third-order valence-electron chi connectivity index (χ3n) is 2.02. The van der Waals surface area contributed by atoms with Gasteiger partial charge >= 0.3 is 0 Å². The van der Waals surface area contributed by atoms with Crippen LogP contribution >= 0.6 is 12.6 Å². The molecule has 0 atom stereocenters. The van der Waals surface area contributed by atoms with Crippen molar-refractivity contribution in [2.75, 3.05) is 5.75 Å². The summed E-state index contributed by atoms with van der Waals surface area (Å²) in [7, 11) is 0. The Labute approximate surface area is 77.4 Å². The lowest BCUT2D eigenvalue weighted by atomic mass is 10.2. The van der Waals surface area contributed by atoms with Crippen LogP contribution in [0.1, 0.15) is 0 Å². The van der Waals surface area contributed by atoms with Crippen LogP contribution in [-0.4, -0.2) is 10.3 Å². The molecule has 1 nitrogen and oxygen atoms in total. The zero-order chi connectivity index (χ0) is 8.39. The molecule has 0 aliphatic heterocycles. The molecule has 12 heavy (non-hydrogen) atoms. The van der Waals surface area contributed by atoms with Crippen molar-refractivity contribution in [1.29, 1.82) is 0 Å². The molecule has 1 heterocycles. The summed E-state index contributed by atoms with van der Waals surface area (Å²) in [5.74, 6) is 0.888. The first kappa shape index (κ1) is 7.74.